The van der Waals surface area contributed by atoms with Crippen molar-refractivity contribution in [1.82, 2.24) is 29.9 Å². The first kappa shape index (κ1) is 21.7. The Kier molecular flexibility index (Phi) is 5.76. The average Bonchev–Trinajstić information content (AvgIpc) is 3.29. The highest BCUT2D eigenvalue weighted by molar-refractivity contribution is 5.98. The Bertz CT molecular complexity index is 1090. The van der Waals surface area contributed by atoms with Crippen molar-refractivity contribution in [3.63, 3.8) is 0 Å². The number of nitrogens with zero attached hydrogens (tertiary/aromatic N) is 6. The van der Waals surface area contributed by atoms with Gasteiger partial charge in [-0.15, -0.1) is 4.80 Å². The molecule has 0 radical (unpaired) electrons. The number of benzene rings is 1. The van der Waals surface area contributed by atoms with Crippen LogP contribution in [0, 0.1) is 5.82 Å². The van der Waals surface area contributed by atoms with Gasteiger partial charge < -0.3 is 9.64 Å². The van der Waals surface area contributed by atoms with Gasteiger partial charge in [-0.25, -0.2) is 14.4 Å². The van der Waals surface area contributed by atoms with Gasteiger partial charge in [0, 0.05) is 18.9 Å². The molecule has 0 saturated carbocycles. The molecule has 32 heavy (non-hydrogen) atoms. The quantitative estimate of drug-likeness (QED) is 0.567. The summed E-state index contributed by atoms with van der Waals surface area (Å²) in [5, 5.41) is 7.85. The van der Waals surface area contributed by atoms with Gasteiger partial charge in [-0.3, -0.25) is 4.79 Å². The molecule has 3 aromatic rings. The van der Waals surface area contributed by atoms with E-state index in [1.807, 2.05) is 0 Å². The standard InChI is InChI=1S/C20H18F4N6O2/c1-12-16(32-19-25-10-13(11-26-19)20(22,23)24)6-3-9-29(12)18(31)14-4-2-5-15(21)17(14)30-27-7-8-28-30/h2,4-5,7-8,10-12,16H,3,6,9H2,1H3. The van der Waals surface area contributed by atoms with Crippen LogP contribution < -0.4 is 4.74 Å². The first-order chi connectivity index (χ1) is 15.3. The minimum Gasteiger partial charge on any atom is -0.458 e. The number of carbonyl (C=O) groups excluding carboxylic acids is 1. The first-order valence-corrected chi connectivity index (χ1v) is 9.78. The number of amides is 1. The summed E-state index contributed by atoms with van der Waals surface area (Å²) in [6.07, 6.45) is 0.0636. The largest absolute Gasteiger partial charge is 0.458 e. The topological polar surface area (TPSA) is 86.0 Å². The number of rotatable bonds is 4. The lowest BCUT2D eigenvalue weighted by atomic mass is 9.98. The zero-order chi connectivity index (χ0) is 22.9. The Morgan fingerprint density at radius 2 is 1.84 bits per heavy atom. The minimum atomic E-state index is -4.55. The third-order valence-electron chi connectivity index (χ3n) is 5.23. The van der Waals surface area contributed by atoms with Gasteiger partial charge in [0.1, 0.15) is 11.8 Å². The van der Waals surface area contributed by atoms with Gasteiger partial charge in [0.25, 0.3) is 5.91 Å². The molecule has 8 nitrogen and oxygen atoms in total. The molecule has 12 heteroatoms. The van der Waals surface area contributed by atoms with Crippen LogP contribution in [0.25, 0.3) is 5.69 Å². The predicted molar refractivity (Wildman–Crippen MR) is 102 cm³/mol. The Hall–Kier alpha value is -3.57. The number of para-hydroxylation sites is 1. The van der Waals surface area contributed by atoms with Gasteiger partial charge in [0.05, 0.1) is 29.6 Å². The second-order valence-electron chi connectivity index (χ2n) is 7.24. The molecule has 0 spiro atoms. The van der Waals surface area contributed by atoms with E-state index in [1.165, 1.54) is 35.5 Å². The summed E-state index contributed by atoms with van der Waals surface area (Å²) in [4.78, 5) is 23.2. The van der Waals surface area contributed by atoms with Crippen LogP contribution in [-0.2, 0) is 6.18 Å². The van der Waals surface area contributed by atoms with Gasteiger partial charge >= 0.3 is 12.2 Å². The zero-order valence-corrected chi connectivity index (χ0v) is 16.8. The number of alkyl halides is 3. The molecule has 0 bridgehead atoms. The number of ether oxygens (including phenoxy) is 1. The number of hydrogen-bond donors (Lipinski definition) is 0. The van der Waals surface area contributed by atoms with E-state index in [-0.39, 0.29) is 17.3 Å². The third-order valence-corrected chi connectivity index (χ3v) is 5.23. The molecule has 1 aliphatic rings. The van der Waals surface area contributed by atoms with E-state index in [0.29, 0.717) is 31.8 Å². The van der Waals surface area contributed by atoms with Crippen molar-refractivity contribution in [3.05, 3.63) is 59.9 Å². The number of piperidine rings is 1. The summed E-state index contributed by atoms with van der Waals surface area (Å²) in [6, 6.07) is 3.44. The fraction of sp³-hybridized carbons (Fsp3) is 0.350. The van der Waals surface area contributed by atoms with Crippen LogP contribution in [0.1, 0.15) is 35.7 Å². The molecule has 1 amide bonds. The van der Waals surface area contributed by atoms with Crippen molar-refractivity contribution in [2.75, 3.05) is 6.54 Å². The number of aromatic nitrogens is 5. The van der Waals surface area contributed by atoms with Crippen LogP contribution in [0.4, 0.5) is 17.6 Å². The SMILES string of the molecule is CC1C(Oc2ncc(C(F)(F)F)cn2)CCCN1C(=O)c1cccc(F)c1-n1nccn1. The molecule has 3 heterocycles. The minimum absolute atomic E-state index is 0.0659. The van der Waals surface area contributed by atoms with Gasteiger partial charge in [0.2, 0.25) is 0 Å². The van der Waals surface area contributed by atoms with Crippen LogP contribution in [0.5, 0.6) is 6.01 Å². The molecule has 1 aliphatic heterocycles. The molecule has 2 aromatic heterocycles. The highest BCUT2D eigenvalue weighted by Gasteiger charge is 2.36. The molecule has 4 rings (SSSR count). The monoisotopic (exact) mass is 450 g/mol. The summed E-state index contributed by atoms with van der Waals surface area (Å²) < 4.78 is 58.3. The van der Waals surface area contributed by atoms with E-state index in [2.05, 4.69) is 20.2 Å². The van der Waals surface area contributed by atoms with Crippen molar-refractivity contribution in [3.8, 4) is 11.7 Å². The maximum absolute atomic E-state index is 14.5. The Morgan fingerprint density at radius 3 is 2.50 bits per heavy atom. The molecule has 1 saturated heterocycles. The summed E-state index contributed by atoms with van der Waals surface area (Å²) in [7, 11) is 0. The van der Waals surface area contributed by atoms with Crippen molar-refractivity contribution >= 4 is 5.91 Å². The lowest BCUT2D eigenvalue weighted by Crippen LogP contribution is -2.51. The van der Waals surface area contributed by atoms with Gasteiger partial charge in [0.15, 0.2) is 5.82 Å². The highest BCUT2D eigenvalue weighted by atomic mass is 19.4. The summed E-state index contributed by atoms with van der Waals surface area (Å²) in [6.45, 7) is 2.15. The average molecular weight is 450 g/mol. The number of hydrogen-bond acceptors (Lipinski definition) is 6. The van der Waals surface area contributed by atoms with E-state index < -0.39 is 35.6 Å². The van der Waals surface area contributed by atoms with Crippen LogP contribution in [0.3, 0.4) is 0 Å². The molecule has 0 aliphatic carbocycles. The van der Waals surface area contributed by atoms with Crippen LogP contribution >= 0.6 is 0 Å². The second-order valence-corrected chi connectivity index (χ2v) is 7.24. The fourth-order valence-electron chi connectivity index (χ4n) is 3.59. The van der Waals surface area contributed by atoms with E-state index in [9.17, 15) is 22.4 Å². The third kappa shape index (κ3) is 4.25. The Balaban J connectivity index is 1.55. The first-order valence-electron chi connectivity index (χ1n) is 9.78. The van der Waals surface area contributed by atoms with Crippen LogP contribution in [-0.4, -0.2) is 54.5 Å². The molecule has 1 fully saturated rings. The van der Waals surface area contributed by atoms with Crippen molar-refractivity contribution in [1.29, 1.82) is 0 Å². The number of halogens is 4. The van der Waals surface area contributed by atoms with Crippen LogP contribution in [0.2, 0.25) is 0 Å². The maximum Gasteiger partial charge on any atom is 0.419 e. The Morgan fingerprint density at radius 1 is 1.16 bits per heavy atom. The number of carbonyl (C=O) groups is 1. The van der Waals surface area contributed by atoms with Crippen molar-refractivity contribution in [2.24, 2.45) is 0 Å². The molecule has 168 valence electrons. The van der Waals surface area contributed by atoms with E-state index >= 15 is 0 Å². The lowest BCUT2D eigenvalue weighted by Gasteiger charge is -2.39. The zero-order valence-electron chi connectivity index (χ0n) is 16.8. The molecule has 2 atom stereocenters. The van der Waals surface area contributed by atoms with Crippen molar-refractivity contribution in [2.45, 2.75) is 38.1 Å². The predicted octanol–water partition coefficient (Wildman–Crippen LogP) is 3.29. The normalized spacial score (nSPS) is 19.1. The van der Waals surface area contributed by atoms with Gasteiger partial charge in [-0.05, 0) is 31.9 Å². The summed E-state index contributed by atoms with van der Waals surface area (Å²) in [5.41, 5.74) is -0.965. The number of likely N-dealkylation sites (tertiary alicyclic amines) is 1. The smallest absolute Gasteiger partial charge is 0.419 e. The summed E-state index contributed by atoms with van der Waals surface area (Å²) in [5.74, 6) is -1.09. The van der Waals surface area contributed by atoms with Gasteiger partial charge in [-0.2, -0.15) is 23.4 Å². The fourth-order valence-corrected chi connectivity index (χ4v) is 3.59. The molecule has 1 aromatic carbocycles. The van der Waals surface area contributed by atoms with E-state index in [1.54, 1.807) is 6.92 Å². The molecule has 2 unspecified atom stereocenters. The van der Waals surface area contributed by atoms with Gasteiger partial charge in [-0.1, -0.05) is 6.07 Å². The maximum atomic E-state index is 14.5. The van der Waals surface area contributed by atoms with Crippen LogP contribution in [0.15, 0.2) is 43.0 Å². The summed E-state index contributed by atoms with van der Waals surface area (Å²) >= 11 is 0. The molecule has 0 N–H and O–H groups in total. The molecular formula is C20H18F4N6O2. The highest BCUT2D eigenvalue weighted by Crippen LogP contribution is 2.29. The van der Waals surface area contributed by atoms with Crippen molar-refractivity contribution < 1.29 is 27.1 Å². The van der Waals surface area contributed by atoms with E-state index in [4.69, 9.17) is 4.74 Å². The second kappa shape index (κ2) is 8.52. The molecular weight excluding hydrogens is 432 g/mol. The lowest BCUT2D eigenvalue weighted by molar-refractivity contribution is -0.138. The van der Waals surface area contributed by atoms with E-state index in [0.717, 1.165) is 4.80 Å². The Labute approximate surface area is 179 Å².